The van der Waals surface area contributed by atoms with Crippen molar-refractivity contribution in [1.29, 1.82) is 0 Å². The van der Waals surface area contributed by atoms with Crippen LogP contribution in [0.3, 0.4) is 0 Å². The van der Waals surface area contributed by atoms with Crippen molar-refractivity contribution >= 4 is 6.71 Å². The Morgan fingerprint density at radius 3 is 1.24 bits per heavy atom. The number of rotatable bonds is 7. The number of fused-ring (bicyclic) bond motifs is 4. The van der Waals surface area contributed by atoms with Crippen LogP contribution in [0.5, 0.6) is 0 Å². The average Bonchev–Trinajstić information content (AvgIpc) is 0.623. The van der Waals surface area contributed by atoms with Crippen LogP contribution in [0.1, 0.15) is 305 Å². The monoisotopic (exact) mass is 1140 g/mol. The molecule has 4 heteroatoms. The Kier molecular flexibility index (Phi) is 14.5. The first kappa shape index (κ1) is 56.7. The summed E-state index contributed by atoms with van der Waals surface area (Å²) in [6, 6.07) is 8.16. The van der Waals surface area contributed by atoms with Crippen LogP contribution < -0.4 is 0 Å². The molecule has 15 aliphatic carbocycles. The molecule has 15 saturated carbocycles. The molecule has 18 fully saturated rings. The second kappa shape index (κ2) is 21.5. The van der Waals surface area contributed by atoms with Crippen LogP contribution in [0.2, 0.25) is 17.5 Å². The smallest absolute Gasteiger partial charge is 0.156 e. The predicted molar refractivity (Wildman–Crippen MR) is 350 cm³/mol. The second-order valence-electron chi connectivity index (χ2n) is 39.5. The van der Waals surface area contributed by atoms with Crippen molar-refractivity contribution in [2.75, 3.05) is 0 Å². The highest BCUT2D eigenvalue weighted by atomic mass is 15.4. The molecule has 3 saturated heterocycles. The minimum Gasteiger partial charge on any atom is -0.295 e. The van der Waals surface area contributed by atoms with Crippen LogP contribution in [0.4, 0.5) is 0 Å². The van der Waals surface area contributed by atoms with E-state index in [0.717, 1.165) is 190 Å². The Balaban J connectivity index is 0.730. The van der Waals surface area contributed by atoms with Gasteiger partial charge in [-0.1, -0.05) is 164 Å². The number of likely N-dealkylation sites (tertiary alicyclic amines) is 1. The molecule has 18 aliphatic rings. The Hall–Kier alpha value is -0.0551. The van der Waals surface area contributed by atoms with Crippen molar-refractivity contribution in [2.24, 2.45) is 123 Å². The summed E-state index contributed by atoms with van der Waals surface area (Å²) in [6.45, 7) is 17.1. The summed E-state index contributed by atoms with van der Waals surface area (Å²) < 4.78 is 0. The van der Waals surface area contributed by atoms with Crippen molar-refractivity contribution in [1.82, 2.24) is 14.7 Å². The highest BCUT2D eigenvalue weighted by Gasteiger charge is 2.85. The zero-order valence-corrected chi connectivity index (χ0v) is 55.7. The molecule has 84 heavy (non-hydrogen) atoms. The Labute approximate surface area is 518 Å². The lowest BCUT2D eigenvalue weighted by molar-refractivity contribution is -0.408. The van der Waals surface area contributed by atoms with E-state index in [1.54, 1.807) is 244 Å². The van der Waals surface area contributed by atoms with Crippen LogP contribution in [-0.4, -0.2) is 75.8 Å². The predicted octanol–water partition coefficient (Wildman–Crippen LogP) is 20.2. The molecule has 3 heterocycles. The van der Waals surface area contributed by atoms with E-state index in [-0.39, 0.29) is 0 Å². The third-order valence-corrected chi connectivity index (χ3v) is 35.2. The van der Waals surface area contributed by atoms with Gasteiger partial charge in [-0.2, -0.15) is 0 Å². The number of hydrogen-bond acceptors (Lipinski definition) is 3. The van der Waals surface area contributed by atoms with Gasteiger partial charge in [0.15, 0.2) is 6.71 Å². The van der Waals surface area contributed by atoms with E-state index in [4.69, 9.17) is 0 Å². The first-order chi connectivity index (χ1) is 40.9. The van der Waals surface area contributed by atoms with Crippen molar-refractivity contribution < 1.29 is 0 Å². The van der Waals surface area contributed by atoms with Gasteiger partial charge in [0.25, 0.3) is 0 Å². The average molecular weight is 1140 g/mol. The summed E-state index contributed by atoms with van der Waals surface area (Å²) in [4.78, 5) is 10.9. The lowest BCUT2D eigenvalue weighted by atomic mass is 9.18. The molecule has 18 rings (SSSR count). The zero-order chi connectivity index (χ0) is 56.1. The molecule has 0 amide bonds. The van der Waals surface area contributed by atoms with Crippen LogP contribution in [-0.2, 0) is 0 Å². The van der Waals surface area contributed by atoms with Crippen molar-refractivity contribution in [2.45, 2.75) is 377 Å². The number of nitrogens with zero attached hydrogens (tertiary/aromatic N) is 3. The molecule has 0 aromatic heterocycles. The first-order valence-corrected chi connectivity index (χ1v) is 40.2. The molecule has 0 N–H and O–H groups in total. The van der Waals surface area contributed by atoms with E-state index in [0.29, 0.717) is 10.8 Å². The van der Waals surface area contributed by atoms with E-state index in [9.17, 15) is 0 Å². The van der Waals surface area contributed by atoms with Crippen molar-refractivity contribution in [3.63, 3.8) is 0 Å². The van der Waals surface area contributed by atoms with Gasteiger partial charge >= 0.3 is 0 Å². The molecule has 23 unspecified atom stereocenters. The van der Waals surface area contributed by atoms with E-state index < -0.39 is 0 Å². The van der Waals surface area contributed by atoms with Gasteiger partial charge in [0.05, 0.1) is 0 Å². The van der Waals surface area contributed by atoms with Crippen LogP contribution in [0, 0.1) is 123 Å². The molecule has 0 aromatic carbocycles. The van der Waals surface area contributed by atoms with E-state index >= 15 is 0 Å². The largest absolute Gasteiger partial charge is 0.295 e. The topological polar surface area (TPSA) is 9.72 Å². The highest BCUT2D eigenvalue weighted by molar-refractivity contribution is 6.65. The summed E-state index contributed by atoms with van der Waals surface area (Å²) in [5, 5.41) is 0. The minimum absolute atomic E-state index is 0.454. The van der Waals surface area contributed by atoms with Crippen LogP contribution in [0.25, 0.3) is 0 Å². The normalized spacial score (nSPS) is 54.4. The van der Waals surface area contributed by atoms with Crippen LogP contribution in [0.15, 0.2) is 0 Å². The molecule has 0 bridgehead atoms. The van der Waals surface area contributed by atoms with Gasteiger partial charge in [0.1, 0.15) is 0 Å². The maximum absolute atomic E-state index is 3.76. The maximum atomic E-state index is 3.76. The lowest BCUT2D eigenvalue weighted by Gasteiger charge is -2.90. The fraction of sp³-hybridized carbons (Fsp3) is 1.00. The van der Waals surface area contributed by atoms with Gasteiger partial charge in [0, 0.05) is 59.8 Å². The molecular formula is C80H130BN3. The summed E-state index contributed by atoms with van der Waals surface area (Å²) in [5.74, 6) is 21.7. The van der Waals surface area contributed by atoms with Crippen molar-refractivity contribution in [3.05, 3.63) is 0 Å². The molecule has 0 aromatic rings. The van der Waals surface area contributed by atoms with Gasteiger partial charge in [-0.3, -0.25) is 14.7 Å². The summed E-state index contributed by atoms with van der Waals surface area (Å²) in [5.41, 5.74) is 1.76. The van der Waals surface area contributed by atoms with Gasteiger partial charge in [-0.05, 0) is 276 Å². The molecular weight excluding hydrogens is 1010 g/mol. The summed E-state index contributed by atoms with van der Waals surface area (Å²) in [7, 11) is 0. The number of hydrogen-bond donors (Lipinski definition) is 0. The van der Waals surface area contributed by atoms with Crippen molar-refractivity contribution in [3.8, 4) is 0 Å². The molecule has 23 atom stereocenters. The van der Waals surface area contributed by atoms with Gasteiger partial charge in [-0.15, -0.1) is 0 Å². The fourth-order valence-corrected chi connectivity index (χ4v) is 31.8. The Morgan fingerprint density at radius 2 is 0.726 bits per heavy atom. The van der Waals surface area contributed by atoms with E-state index in [1.807, 2.05) is 0 Å². The zero-order valence-electron chi connectivity index (χ0n) is 55.7. The quantitative estimate of drug-likeness (QED) is 0.235. The Morgan fingerprint density at radius 1 is 0.298 bits per heavy atom. The standard InChI is InChI=1S/C80H130BN3/c1-78(2,3)58-36-55-22-23-56-37-59(79(4,5)6)43-66-65(39-57(38-58)75(55)76(56)66)54-29-35-68-70(41-54)83(63-32-26-52(27-33-63)49-18-12-8-13-19-49)72-47-64(84-73-44-60-42-61-45-74(84)80(60,61)73)46-71-77(72)81(68)67-34-28-53(50-20-14-9-15-21-50)40-69(67)82(71)62-30-24-51(25-31-62)48-16-10-7-11-17-48/h48-77H,7-47H2,1-6H3. The first-order valence-electron chi connectivity index (χ1n) is 40.2. The molecule has 0 radical (unpaired) electrons. The highest BCUT2D eigenvalue weighted by Crippen LogP contribution is 2.83. The third kappa shape index (κ3) is 8.80. The van der Waals surface area contributed by atoms with Gasteiger partial charge in [-0.25, -0.2) is 0 Å². The Bertz CT molecular complexity index is 2310. The minimum atomic E-state index is 0.454. The van der Waals surface area contributed by atoms with E-state index in [1.165, 1.54) is 19.3 Å². The van der Waals surface area contributed by atoms with Gasteiger partial charge in [0.2, 0.25) is 0 Å². The lowest BCUT2D eigenvalue weighted by Crippen LogP contribution is -2.94. The molecule has 3 aliphatic heterocycles. The molecule has 1 spiro atoms. The number of piperidine rings is 2. The van der Waals surface area contributed by atoms with Crippen LogP contribution >= 0.6 is 0 Å². The summed E-state index contributed by atoms with van der Waals surface area (Å²) in [6.07, 6.45) is 65.0. The van der Waals surface area contributed by atoms with E-state index in [2.05, 4.69) is 56.2 Å². The van der Waals surface area contributed by atoms with Gasteiger partial charge < -0.3 is 0 Å². The SMILES string of the molecule is CC(C)(C)C1CC2CCC3CC(C(C)(C)C)CC4C(C5CCC6B7C8CCC(C9CCCCC9)CC8N(C8CCC(C9CCCCC9)CC8)C8CC(N9C%10CC%11CC%12CC9C%11%12%10)CC(C78)N(C7CCC(C8CCCCC8)CC7)C6C5)CC(C1)C2C34. The second-order valence-corrected chi connectivity index (χ2v) is 39.5. The summed E-state index contributed by atoms with van der Waals surface area (Å²) >= 11 is 0. The third-order valence-electron chi connectivity index (χ3n) is 35.2. The maximum Gasteiger partial charge on any atom is 0.156 e. The fourth-order valence-electron chi connectivity index (χ4n) is 31.8. The molecule has 3 nitrogen and oxygen atoms in total. The molecule has 468 valence electrons.